The van der Waals surface area contributed by atoms with E-state index in [4.69, 9.17) is 0 Å². The molecule has 2 rings (SSSR count). The zero-order chi connectivity index (χ0) is 11.4. The van der Waals surface area contributed by atoms with Crippen LogP contribution in [0.4, 0.5) is 0 Å². The lowest BCUT2D eigenvalue weighted by atomic mass is 10.1. The van der Waals surface area contributed by atoms with Gasteiger partial charge in [0.2, 0.25) is 0 Å². The van der Waals surface area contributed by atoms with Crippen LogP contribution < -0.4 is 9.46 Å². The molecule has 0 saturated heterocycles. The summed E-state index contributed by atoms with van der Waals surface area (Å²) in [5.74, 6) is 0. The van der Waals surface area contributed by atoms with Gasteiger partial charge in [-0.2, -0.15) is 9.46 Å². The van der Waals surface area contributed by atoms with Gasteiger partial charge in [-0.3, -0.25) is 0 Å². The second-order valence-corrected chi connectivity index (χ2v) is 3.54. The van der Waals surface area contributed by atoms with E-state index in [0.29, 0.717) is 24.2 Å². The Kier molecular flexibility index (Phi) is 3.00. The summed E-state index contributed by atoms with van der Waals surface area (Å²) >= 11 is 0. The van der Waals surface area contributed by atoms with E-state index in [2.05, 4.69) is 0 Å². The Morgan fingerprint density at radius 3 is 1.56 bits per heavy atom. The number of pyridine rings is 2. The summed E-state index contributed by atoms with van der Waals surface area (Å²) in [5.41, 5.74) is 1.35. The van der Waals surface area contributed by atoms with Gasteiger partial charge < -0.3 is 10.4 Å². The van der Waals surface area contributed by atoms with E-state index < -0.39 is 0 Å². The standard InChI is InChI=1S/C12H12N2O2/c15-13-9-3-1-5-11(13)7-8-12-6-2-4-10-14(12)16/h1-6,9-10H,7-8H2. The van der Waals surface area contributed by atoms with Crippen LogP contribution in [0.25, 0.3) is 0 Å². The van der Waals surface area contributed by atoms with E-state index in [1.807, 2.05) is 12.1 Å². The predicted molar refractivity (Wildman–Crippen MR) is 58.2 cm³/mol. The van der Waals surface area contributed by atoms with Crippen molar-refractivity contribution < 1.29 is 9.46 Å². The van der Waals surface area contributed by atoms with Gasteiger partial charge in [0, 0.05) is 37.1 Å². The van der Waals surface area contributed by atoms with E-state index in [1.165, 1.54) is 12.4 Å². The second-order valence-electron chi connectivity index (χ2n) is 3.54. The van der Waals surface area contributed by atoms with Crippen LogP contribution in [0.1, 0.15) is 11.4 Å². The molecule has 0 aromatic carbocycles. The van der Waals surface area contributed by atoms with Gasteiger partial charge >= 0.3 is 0 Å². The molecule has 0 amide bonds. The second kappa shape index (κ2) is 4.61. The molecule has 16 heavy (non-hydrogen) atoms. The smallest absolute Gasteiger partial charge is 0.193 e. The molecule has 0 N–H and O–H groups in total. The van der Waals surface area contributed by atoms with E-state index in [1.54, 1.807) is 24.3 Å². The van der Waals surface area contributed by atoms with Crippen LogP contribution >= 0.6 is 0 Å². The number of hydrogen-bond donors (Lipinski definition) is 0. The maximum Gasteiger partial charge on any atom is 0.193 e. The summed E-state index contributed by atoms with van der Waals surface area (Å²) in [6, 6.07) is 10.6. The van der Waals surface area contributed by atoms with Crippen molar-refractivity contribution in [3.05, 3.63) is 70.6 Å². The molecule has 0 aliphatic heterocycles. The first-order valence-electron chi connectivity index (χ1n) is 5.11. The van der Waals surface area contributed by atoms with Gasteiger partial charge in [0.1, 0.15) is 0 Å². The molecule has 0 fully saturated rings. The number of aromatic nitrogens is 2. The molecule has 0 bridgehead atoms. The summed E-state index contributed by atoms with van der Waals surface area (Å²) in [5, 5.41) is 22.7. The number of nitrogens with zero attached hydrogens (tertiary/aromatic N) is 2. The van der Waals surface area contributed by atoms with Crippen molar-refractivity contribution in [3.8, 4) is 0 Å². The summed E-state index contributed by atoms with van der Waals surface area (Å²) in [4.78, 5) is 0. The molecule has 0 saturated carbocycles. The Labute approximate surface area is 93.6 Å². The van der Waals surface area contributed by atoms with Gasteiger partial charge in [0.15, 0.2) is 23.8 Å². The minimum atomic E-state index is 0.566. The molecule has 2 aromatic heterocycles. The molecular weight excluding hydrogens is 204 g/mol. The van der Waals surface area contributed by atoms with Crippen molar-refractivity contribution in [1.29, 1.82) is 0 Å². The summed E-state index contributed by atoms with van der Waals surface area (Å²) in [7, 11) is 0. The first-order chi connectivity index (χ1) is 7.77. The average Bonchev–Trinajstić information content (AvgIpc) is 2.30. The van der Waals surface area contributed by atoms with Gasteiger partial charge in [-0.25, -0.2) is 0 Å². The lowest BCUT2D eigenvalue weighted by Crippen LogP contribution is -2.34. The third kappa shape index (κ3) is 2.28. The molecule has 82 valence electrons. The van der Waals surface area contributed by atoms with E-state index in [9.17, 15) is 10.4 Å². The summed E-state index contributed by atoms with van der Waals surface area (Å²) in [6.07, 6.45) is 4.06. The van der Waals surface area contributed by atoms with Gasteiger partial charge in [-0.15, -0.1) is 0 Å². The van der Waals surface area contributed by atoms with Crippen molar-refractivity contribution in [2.75, 3.05) is 0 Å². The van der Waals surface area contributed by atoms with Crippen LogP contribution in [-0.2, 0) is 12.8 Å². The van der Waals surface area contributed by atoms with Crippen LogP contribution in [0, 0.1) is 10.4 Å². The SMILES string of the molecule is [O-][n+]1ccccc1CCc1cccc[n+]1[O-]. The first-order valence-corrected chi connectivity index (χ1v) is 5.11. The fraction of sp³-hybridized carbons (Fsp3) is 0.167. The summed E-state index contributed by atoms with van der Waals surface area (Å²) < 4.78 is 1.66. The van der Waals surface area contributed by atoms with E-state index in [-0.39, 0.29) is 0 Å². The van der Waals surface area contributed by atoms with Gasteiger partial charge in [-0.1, -0.05) is 12.1 Å². The third-order valence-electron chi connectivity index (χ3n) is 2.45. The number of rotatable bonds is 3. The fourth-order valence-electron chi connectivity index (χ4n) is 1.57. The minimum absolute atomic E-state index is 0.566. The highest BCUT2D eigenvalue weighted by atomic mass is 16.5. The van der Waals surface area contributed by atoms with Crippen LogP contribution in [0.5, 0.6) is 0 Å². The zero-order valence-corrected chi connectivity index (χ0v) is 8.74. The predicted octanol–water partition coefficient (Wildman–Crippen LogP) is 0.739. The Morgan fingerprint density at radius 1 is 0.750 bits per heavy atom. The number of aryl methyl sites for hydroxylation is 2. The quantitative estimate of drug-likeness (QED) is 0.561. The molecular formula is C12H12N2O2. The normalized spacial score (nSPS) is 10.2. The highest BCUT2D eigenvalue weighted by molar-refractivity contribution is 5.03. The molecule has 4 heteroatoms. The lowest BCUT2D eigenvalue weighted by Gasteiger charge is -2.04. The van der Waals surface area contributed by atoms with Crippen LogP contribution in [0.3, 0.4) is 0 Å². The van der Waals surface area contributed by atoms with Gasteiger partial charge in [0.25, 0.3) is 0 Å². The first kappa shape index (κ1) is 10.4. The molecule has 0 atom stereocenters. The van der Waals surface area contributed by atoms with Crippen molar-refractivity contribution in [3.63, 3.8) is 0 Å². The maximum atomic E-state index is 11.4. The monoisotopic (exact) mass is 216 g/mol. The van der Waals surface area contributed by atoms with Crippen LogP contribution in [-0.4, -0.2) is 0 Å². The third-order valence-corrected chi connectivity index (χ3v) is 2.45. The molecule has 0 spiro atoms. The van der Waals surface area contributed by atoms with Crippen molar-refractivity contribution in [1.82, 2.24) is 0 Å². The molecule has 0 unspecified atom stereocenters. The molecule has 0 aliphatic rings. The molecule has 4 nitrogen and oxygen atoms in total. The Morgan fingerprint density at radius 2 is 1.19 bits per heavy atom. The minimum Gasteiger partial charge on any atom is -0.619 e. The van der Waals surface area contributed by atoms with E-state index in [0.717, 1.165) is 9.46 Å². The summed E-state index contributed by atoms with van der Waals surface area (Å²) in [6.45, 7) is 0. The zero-order valence-electron chi connectivity index (χ0n) is 8.74. The Hall–Kier alpha value is -2.10. The topological polar surface area (TPSA) is 53.9 Å². The van der Waals surface area contributed by atoms with Crippen molar-refractivity contribution >= 4 is 0 Å². The van der Waals surface area contributed by atoms with Gasteiger partial charge in [-0.05, 0) is 0 Å². The average molecular weight is 216 g/mol. The molecule has 0 radical (unpaired) electrons. The largest absolute Gasteiger partial charge is 0.619 e. The molecule has 2 heterocycles. The highest BCUT2D eigenvalue weighted by Crippen LogP contribution is 1.99. The molecule has 0 aliphatic carbocycles. The lowest BCUT2D eigenvalue weighted by molar-refractivity contribution is -0.619. The fourth-order valence-corrected chi connectivity index (χ4v) is 1.57. The van der Waals surface area contributed by atoms with Gasteiger partial charge in [0.05, 0.1) is 0 Å². The van der Waals surface area contributed by atoms with Crippen LogP contribution in [0.2, 0.25) is 0 Å². The van der Waals surface area contributed by atoms with E-state index >= 15 is 0 Å². The Bertz CT molecular complexity index is 440. The number of hydrogen-bond acceptors (Lipinski definition) is 2. The highest BCUT2D eigenvalue weighted by Gasteiger charge is 2.08. The van der Waals surface area contributed by atoms with Crippen molar-refractivity contribution in [2.45, 2.75) is 12.8 Å². The van der Waals surface area contributed by atoms with Crippen molar-refractivity contribution in [2.24, 2.45) is 0 Å². The maximum absolute atomic E-state index is 11.4. The van der Waals surface area contributed by atoms with Crippen LogP contribution in [0.15, 0.2) is 48.8 Å². The molecule has 2 aromatic rings. The Balaban J connectivity index is 2.09.